The van der Waals surface area contributed by atoms with Crippen LogP contribution in [0.15, 0.2) is 0 Å². The molecule has 0 saturated heterocycles. The van der Waals surface area contributed by atoms with Crippen LogP contribution in [-0.2, 0) is 10.0 Å². The number of hydrogen-bond acceptors (Lipinski definition) is 4. The number of hydrogen-bond donors (Lipinski definition) is 3. The predicted octanol–water partition coefficient (Wildman–Crippen LogP) is -1.15. The van der Waals surface area contributed by atoms with E-state index in [4.69, 9.17) is 5.11 Å². The molecule has 1 unspecified atom stereocenters. The molecular weight excluding hydrogens is 180 g/mol. The Hall–Kier alpha value is -0.170. The highest BCUT2D eigenvalue weighted by Crippen LogP contribution is 1.82. The highest BCUT2D eigenvalue weighted by atomic mass is 32.2. The van der Waals surface area contributed by atoms with Crippen molar-refractivity contribution in [3.8, 4) is 0 Å². The molecule has 0 radical (unpaired) electrons. The molecule has 0 aromatic rings. The minimum Gasteiger partial charge on any atom is -0.376 e. The molecule has 0 aromatic carbocycles. The van der Waals surface area contributed by atoms with E-state index in [0.717, 1.165) is 6.26 Å². The maximum atomic E-state index is 10.6. The van der Waals surface area contributed by atoms with Crippen LogP contribution < -0.4 is 10.0 Å². The van der Waals surface area contributed by atoms with E-state index in [0.29, 0.717) is 0 Å². The summed E-state index contributed by atoms with van der Waals surface area (Å²) in [6, 6.07) is 0.223. The van der Waals surface area contributed by atoms with E-state index >= 15 is 0 Å². The van der Waals surface area contributed by atoms with Crippen LogP contribution in [0.5, 0.6) is 0 Å². The second-order valence-electron chi connectivity index (χ2n) is 2.97. The smallest absolute Gasteiger partial charge is 0.210 e. The minimum absolute atomic E-state index is 0.213. The van der Waals surface area contributed by atoms with Crippen LogP contribution in [0.25, 0.3) is 0 Å². The van der Waals surface area contributed by atoms with Gasteiger partial charge in [0, 0.05) is 12.6 Å². The molecule has 0 aliphatic heterocycles. The first kappa shape index (κ1) is 11.8. The van der Waals surface area contributed by atoms with Crippen molar-refractivity contribution in [1.29, 1.82) is 0 Å². The SMILES string of the molecule is CC(C)NCC(O)NS(C)(=O)=O. The summed E-state index contributed by atoms with van der Waals surface area (Å²) in [5.74, 6) is 0. The predicted molar refractivity (Wildman–Crippen MR) is 47.1 cm³/mol. The lowest BCUT2D eigenvalue weighted by Gasteiger charge is -2.13. The van der Waals surface area contributed by atoms with Crippen LogP contribution in [0.3, 0.4) is 0 Å². The standard InChI is InChI=1S/C6H16N2O3S/c1-5(2)7-4-6(9)8-12(3,10)11/h5-9H,4H2,1-3H3. The number of nitrogens with one attached hydrogen (secondary N) is 2. The van der Waals surface area contributed by atoms with Gasteiger partial charge in [-0.25, -0.2) is 8.42 Å². The quantitative estimate of drug-likeness (QED) is 0.485. The first-order valence-corrected chi connectivity index (χ1v) is 5.59. The fourth-order valence-electron chi connectivity index (χ4n) is 0.636. The lowest BCUT2D eigenvalue weighted by atomic mass is 10.4. The summed E-state index contributed by atoms with van der Waals surface area (Å²) >= 11 is 0. The van der Waals surface area contributed by atoms with Gasteiger partial charge in [-0.15, -0.1) is 0 Å². The molecular formula is C6H16N2O3S. The second kappa shape index (κ2) is 4.76. The van der Waals surface area contributed by atoms with Crippen molar-refractivity contribution in [1.82, 2.24) is 10.0 Å². The van der Waals surface area contributed by atoms with E-state index in [1.54, 1.807) is 0 Å². The third kappa shape index (κ3) is 7.93. The zero-order valence-electron chi connectivity index (χ0n) is 7.53. The Morgan fingerprint density at radius 2 is 1.92 bits per heavy atom. The summed E-state index contributed by atoms with van der Waals surface area (Å²) in [6.45, 7) is 4.03. The Kier molecular flexibility index (Phi) is 4.69. The molecule has 74 valence electrons. The zero-order valence-corrected chi connectivity index (χ0v) is 8.35. The van der Waals surface area contributed by atoms with E-state index in [2.05, 4.69) is 5.32 Å². The molecule has 0 bridgehead atoms. The topological polar surface area (TPSA) is 78.4 Å². The van der Waals surface area contributed by atoms with Crippen LogP contribution in [0.4, 0.5) is 0 Å². The highest BCUT2D eigenvalue weighted by molar-refractivity contribution is 7.88. The third-order valence-electron chi connectivity index (χ3n) is 1.07. The number of sulfonamides is 1. The fraction of sp³-hybridized carbons (Fsp3) is 1.00. The van der Waals surface area contributed by atoms with Crippen LogP contribution in [-0.4, -0.2) is 38.6 Å². The van der Waals surface area contributed by atoms with Gasteiger partial charge < -0.3 is 10.4 Å². The lowest BCUT2D eigenvalue weighted by Crippen LogP contribution is -2.43. The molecule has 3 N–H and O–H groups in total. The number of aliphatic hydroxyl groups is 1. The van der Waals surface area contributed by atoms with Crippen molar-refractivity contribution < 1.29 is 13.5 Å². The normalized spacial score (nSPS) is 15.1. The molecule has 0 aromatic heterocycles. The van der Waals surface area contributed by atoms with Gasteiger partial charge in [-0.05, 0) is 0 Å². The van der Waals surface area contributed by atoms with Crippen LogP contribution in [0.2, 0.25) is 0 Å². The van der Waals surface area contributed by atoms with E-state index in [-0.39, 0.29) is 12.6 Å². The molecule has 6 heteroatoms. The van der Waals surface area contributed by atoms with E-state index in [1.807, 2.05) is 18.6 Å². The fourth-order valence-corrected chi connectivity index (χ4v) is 1.21. The van der Waals surface area contributed by atoms with Gasteiger partial charge in [0.15, 0.2) is 0 Å². The average Bonchev–Trinajstić information content (AvgIpc) is 1.79. The highest BCUT2D eigenvalue weighted by Gasteiger charge is 2.09. The summed E-state index contributed by atoms with van der Waals surface area (Å²) in [4.78, 5) is 0. The zero-order chi connectivity index (χ0) is 9.78. The Morgan fingerprint density at radius 3 is 2.25 bits per heavy atom. The lowest BCUT2D eigenvalue weighted by molar-refractivity contribution is 0.158. The van der Waals surface area contributed by atoms with Crippen molar-refractivity contribution in [2.75, 3.05) is 12.8 Å². The second-order valence-corrected chi connectivity index (χ2v) is 4.75. The summed E-state index contributed by atoms with van der Waals surface area (Å²) in [7, 11) is -3.31. The largest absolute Gasteiger partial charge is 0.376 e. The maximum Gasteiger partial charge on any atom is 0.210 e. The van der Waals surface area contributed by atoms with Crippen molar-refractivity contribution in [3.63, 3.8) is 0 Å². The Bertz CT molecular complexity index is 213. The Labute approximate surface area is 73.2 Å². The maximum absolute atomic E-state index is 10.6. The van der Waals surface area contributed by atoms with Gasteiger partial charge in [0.05, 0.1) is 6.26 Å². The van der Waals surface area contributed by atoms with Gasteiger partial charge in [0.1, 0.15) is 6.23 Å². The van der Waals surface area contributed by atoms with Crippen LogP contribution in [0, 0.1) is 0 Å². The average molecular weight is 196 g/mol. The van der Waals surface area contributed by atoms with Crippen molar-refractivity contribution in [2.24, 2.45) is 0 Å². The Morgan fingerprint density at radius 1 is 1.42 bits per heavy atom. The number of aliphatic hydroxyl groups excluding tert-OH is 1. The van der Waals surface area contributed by atoms with Gasteiger partial charge in [-0.3, -0.25) is 0 Å². The van der Waals surface area contributed by atoms with E-state index < -0.39 is 16.3 Å². The Balaban J connectivity index is 3.68. The molecule has 0 spiro atoms. The molecule has 0 aliphatic rings. The molecule has 0 heterocycles. The summed E-state index contributed by atoms with van der Waals surface area (Å²) in [5.41, 5.74) is 0. The van der Waals surface area contributed by atoms with Crippen molar-refractivity contribution in [2.45, 2.75) is 26.1 Å². The summed E-state index contributed by atoms with van der Waals surface area (Å²) in [5, 5.41) is 12.0. The molecule has 0 rings (SSSR count). The third-order valence-corrected chi connectivity index (χ3v) is 1.77. The monoisotopic (exact) mass is 196 g/mol. The molecule has 0 aliphatic carbocycles. The molecule has 0 amide bonds. The first-order chi connectivity index (χ1) is 5.31. The first-order valence-electron chi connectivity index (χ1n) is 3.70. The molecule has 12 heavy (non-hydrogen) atoms. The number of rotatable bonds is 5. The van der Waals surface area contributed by atoms with Crippen molar-refractivity contribution >= 4 is 10.0 Å². The van der Waals surface area contributed by atoms with Gasteiger partial charge in [-0.2, -0.15) is 4.72 Å². The van der Waals surface area contributed by atoms with Gasteiger partial charge in [0.2, 0.25) is 10.0 Å². The van der Waals surface area contributed by atoms with Gasteiger partial charge in [0.25, 0.3) is 0 Å². The molecule has 1 atom stereocenters. The van der Waals surface area contributed by atoms with Gasteiger partial charge in [-0.1, -0.05) is 13.8 Å². The summed E-state index contributed by atoms with van der Waals surface area (Å²) < 4.78 is 23.2. The van der Waals surface area contributed by atoms with Gasteiger partial charge >= 0.3 is 0 Å². The minimum atomic E-state index is -3.31. The molecule has 5 nitrogen and oxygen atoms in total. The van der Waals surface area contributed by atoms with Crippen LogP contribution >= 0.6 is 0 Å². The van der Waals surface area contributed by atoms with E-state index in [1.165, 1.54) is 0 Å². The molecule has 0 fully saturated rings. The van der Waals surface area contributed by atoms with Crippen LogP contribution in [0.1, 0.15) is 13.8 Å². The molecule has 0 saturated carbocycles. The van der Waals surface area contributed by atoms with Crippen molar-refractivity contribution in [3.05, 3.63) is 0 Å². The summed E-state index contributed by atoms with van der Waals surface area (Å²) in [6.07, 6.45) is -0.0478. The van der Waals surface area contributed by atoms with E-state index in [9.17, 15) is 8.42 Å².